The summed E-state index contributed by atoms with van der Waals surface area (Å²) in [6, 6.07) is 12.9. The first-order valence-electron chi connectivity index (χ1n) is 4.35. The van der Waals surface area contributed by atoms with Gasteiger partial charge in [-0.15, -0.1) is 11.8 Å². The van der Waals surface area contributed by atoms with Crippen LogP contribution in [0.5, 0.6) is 0 Å². The van der Waals surface area contributed by atoms with Crippen molar-refractivity contribution < 1.29 is 0 Å². The third-order valence-electron chi connectivity index (χ3n) is 2.29. The van der Waals surface area contributed by atoms with Crippen LogP contribution in [-0.4, -0.2) is 6.26 Å². The van der Waals surface area contributed by atoms with Gasteiger partial charge in [-0.05, 0) is 35.6 Å². The van der Waals surface area contributed by atoms with Crippen LogP contribution in [0.15, 0.2) is 41.3 Å². The van der Waals surface area contributed by atoms with Gasteiger partial charge in [0, 0.05) is 4.90 Å². The first kappa shape index (κ1) is 8.64. The fourth-order valence-electron chi connectivity index (χ4n) is 1.66. The minimum atomic E-state index is 1.34. The van der Waals surface area contributed by atoms with Gasteiger partial charge in [0.25, 0.3) is 0 Å². The Kier molecular flexibility index (Phi) is 2.28. The van der Waals surface area contributed by atoms with E-state index in [1.54, 1.807) is 0 Å². The average molecular weight is 188 g/mol. The summed E-state index contributed by atoms with van der Waals surface area (Å²) >= 11 is 1.81. The molecule has 0 amide bonds. The number of thioether (sulfide) groups is 1. The van der Waals surface area contributed by atoms with Crippen molar-refractivity contribution in [1.29, 1.82) is 0 Å². The van der Waals surface area contributed by atoms with E-state index in [0.717, 1.165) is 0 Å². The Labute approximate surface area is 83.0 Å². The molecule has 0 aromatic heterocycles. The molecular weight excluding hydrogens is 176 g/mol. The van der Waals surface area contributed by atoms with Crippen molar-refractivity contribution in [3.05, 3.63) is 42.0 Å². The summed E-state index contributed by atoms with van der Waals surface area (Å²) in [6.07, 6.45) is 2.13. The molecule has 0 aliphatic rings. The smallest absolute Gasteiger partial charge is 0.0150 e. The van der Waals surface area contributed by atoms with Gasteiger partial charge >= 0.3 is 0 Å². The van der Waals surface area contributed by atoms with Gasteiger partial charge < -0.3 is 0 Å². The van der Waals surface area contributed by atoms with Crippen molar-refractivity contribution in [3.8, 4) is 0 Å². The third kappa shape index (κ3) is 1.44. The molecule has 0 fully saturated rings. The van der Waals surface area contributed by atoms with Gasteiger partial charge in [-0.1, -0.05) is 30.3 Å². The number of hydrogen-bond donors (Lipinski definition) is 0. The summed E-state index contributed by atoms with van der Waals surface area (Å²) in [5.74, 6) is 0. The molecular formula is C12H12S. The average Bonchev–Trinajstić information content (AvgIpc) is 2.17. The summed E-state index contributed by atoms with van der Waals surface area (Å²) in [7, 11) is 0. The highest BCUT2D eigenvalue weighted by molar-refractivity contribution is 7.98. The molecule has 0 heterocycles. The predicted octanol–water partition coefficient (Wildman–Crippen LogP) is 3.87. The molecule has 66 valence electrons. The maximum Gasteiger partial charge on any atom is 0.0150 e. The van der Waals surface area contributed by atoms with Crippen LogP contribution in [0.25, 0.3) is 10.8 Å². The second kappa shape index (κ2) is 3.43. The zero-order chi connectivity index (χ0) is 9.26. The Morgan fingerprint density at radius 1 is 1.00 bits per heavy atom. The van der Waals surface area contributed by atoms with Crippen molar-refractivity contribution >= 4 is 22.5 Å². The van der Waals surface area contributed by atoms with Crippen molar-refractivity contribution in [2.24, 2.45) is 0 Å². The molecule has 0 radical (unpaired) electrons. The van der Waals surface area contributed by atoms with E-state index in [4.69, 9.17) is 0 Å². The molecule has 13 heavy (non-hydrogen) atoms. The molecule has 0 spiro atoms. The van der Waals surface area contributed by atoms with Crippen molar-refractivity contribution in [3.63, 3.8) is 0 Å². The van der Waals surface area contributed by atoms with E-state index in [1.165, 1.54) is 21.2 Å². The molecule has 0 bridgehead atoms. The quantitative estimate of drug-likeness (QED) is 0.612. The van der Waals surface area contributed by atoms with Crippen LogP contribution in [0.4, 0.5) is 0 Å². The van der Waals surface area contributed by atoms with Gasteiger partial charge in [0.2, 0.25) is 0 Å². The van der Waals surface area contributed by atoms with Gasteiger partial charge in [0.15, 0.2) is 0 Å². The van der Waals surface area contributed by atoms with Crippen LogP contribution < -0.4 is 0 Å². The summed E-state index contributed by atoms with van der Waals surface area (Å²) in [6.45, 7) is 2.17. The maximum atomic E-state index is 2.18. The van der Waals surface area contributed by atoms with E-state index in [1.807, 2.05) is 11.8 Å². The standard InChI is InChI=1S/C12H12S/c1-9-5-3-6-10-7-4-8-11(13-2)12(9)10/h3-8H,1-2H3. The first-order chi connectivity index (χ1) is 6.33. The minimum absolute atomic E-state index is 1.34. The molecule has 2 rings (SSSR count). The molecule has 1 heteroatoms. The lowest BCUT2D eigenvalue weighted by molar-refractivity contribution is 1.46. The fraction of sp³-hybridized carbons (Fsp3) is 0.167. The van der Waals surface area contributed by atoms with Gasteiger partial charge in [0.1, 0.15) is 0 Å². The van der Waals surface area contributed by atoms with Crippen LogP contribution in [0.3, 0.4) is 0 Å². The maximum absolute atomic E-state index is 2.18. The third-order valence-corrected chi connectivity index (χ3v) is 3.07. The minimum Gasteiger partial charge on any atom is -0.129 e. The molecule has 0 saturated carbocycles. The molecule has 0 unspecified atom stereocenters. The zero-order valence-electron chi connectivity index (χ0n) is 7.87. The van der Waals surface area contributed by atoms with E-state index < -0.39 is 0 Å². The molecule has 2 aromatic rings. The highest BCUT2D eigenvalue weighted by atomic mass is 32.2. The fourth-order valence-corrected chi connectivity index (χ4v) is 2.36. The Bertz CT molecular complexity index is 427. The normalized spacial score (nSPS) is 10.6. The second-order valence-corrected chi connectivity index (χ2v) is 3.98. The Hall–Kier alpha value is -0.950. The van der Waals surface area contributed by atoms with Crippen LogP contribution >= 0.6 is 11.8 Å². The predicted molar refractivity (Wildman–Crippen MR) is 60.5 cm³/mol. The second-order valence-electron chi connectivity index (χ2n) is 3.13. The summed E-state index contributed by atoms with van der Waals surface area (Å²) < 4.78 is 0. The molecule has 2 aromatic carbocycles. The van der Waals surface area contributed by atoms with E-state index in [9.17, 15) is 0 Å². The van der Waals surface area contributed by atoms with Crippen LogP contribution in [0, 0.1) is 6.92 Å². The number of fused-ring (bicyclic) bond motifs is 1. The highest BCUT2D eigenvalue weighted by Gasteiger charge is 2.00. The van der Waals surface area contributed by atoms with Crippen molar-refractivity contribution in [1.82, 2.24) is 0 Å². The molecule has 0 nitrogen and oxygen atoms in total. The zero-order valence-corrected chi connectivity index (χ0v) is 8.69. The lowest BCUT2D eigenvalue weighted by Crippen LogP contribution is -1.80. The summed E-state index contributed by atoms with van der Waals surface area (Å²) in [5.41, 5.74) is 1.36. The number of aryl methyl sites for hydroxylation is 1. The Balaban J connectivity index is 2.87. The van der Waals surface area contributed by atoms with Crippen LogP contribution in [0.2, 0.25) is 0 Å². The topological polar surface area (TPSA) is 0 Å². The SMILES string of the molecule is CSc1cccc2cccc(C)c12. The monoisotopic (exact) mass is 188 g/mol. The van der Waals surface area contributed by atoms with Gasteiger partial charge in [-0.25, -0.2) is 0 Å². The van der Waals surface area contributed by atoms with Gasteiger partial charge in [-0.2, -0.15) is 0 Å². The number of hydrogen-bond acceptors (Lipinski definition) is 1. The highest BCUT2D eigenvalue weighted by Crippen LogP contribution is 2.28. The summed E-state index contributed by atoms with van der Waals surface area (Å²) in [4.78, 5) is 1.37. The molecule has 0 N–H and O–H groups in total. The van der Waals surface area contributed by atoms with E-state index in [-0.39, 0.29) is 0 Å². The van der Waals surface area contributed by atoms with Crippen molar-refractivity contribution in [2.45, 2.75) is 11.8 Å². The Morgan fingerprint density at radius 3 is 2.38 bits per heavy atom. The molecule has 0 aliphatic carbocycles. The molecule has 0 aliphatic heterocycles. The lowest BCUT2D eigenvalue weighted by atomic mass is 10.1. The van der Waals surface area contributed by atoms with Gasteiger partial charge in [0.05, 0.1) is 0 Å². The van der Waals surface area contributed by atoms with Crippen LogP contribution in [0.1, 0.15) is 5.56 Å². The van der Waals surface area contributed by atoms with E-state index in [2.05, 4.69) is 49.6 Å². The Morgan fingerprint density at radius 2 is 1.69 bits per heavy atom. The number of rotatable bonds is 1. The largest absolute Gasteiger partial charge is 0.129 e. The van der Waals surface area contributed by atoms with Crippen molar-refractivity contribution in [2.75, 3.05) is 6.26 Å². The van der Waals surface area contributed by atoms with Crippen LogP contribution in [-0.2, 0) is 0 Å². The summed E-state index contributed by atoms with van der Waals surface area (Å²) in [5, 5.41) is 2.74. The van der Waals surface area contributed by atoms with Gasteiger partial charge in [-0.3, -0.25) is 0 Å². The lowest BCUT2D eigenvalue weighted by Gasteiger charge is -2.05. The molecule has 0 saturated heterocycles. The first-order valence-corrected chi connectivity index (χ1v) is 5.58. The molecule has 0 atom stereocenters. The van der Waals surface area contributed by atoms with E-state index >= 15 is 0 Å². The number of benzene rings is 2. The van der Waals surface area contributed by atoms with E-state index in [0.29, 0.717) is 0 Å².